The summed E-state index contributed by atoms with van der Waals surface area (Å²) >= 11 is 6.83. The van der Waals surface area contributed by atoms with Crippen LogP contribution in [0.25, 0.3) is 0 Å². The van der Waals surface area contributed by atoms with E-state index in [1.807, 2.05) is 0 Å². The van der Waals surface area contributed by atoms with Gasteiger partial charge in [-0.15, -0.1) is 0 Å². The highest BCUT2D eigenvalue weighted by Gasteiger charge is 2.70. The molecule has 0 aromatic heterocycles. The fourth-order valence-corrected chi connectivity index (χ4v) is 9.94. The first-order valence-corrected chi connectivity index (χ1v) is 12.6. The fourth-order valence-electron chi connectivity index (χ4n) is 7.80. The van der Waals surface area contributed by atoms with Gasteiger partial charge in [-0.1, -0.05) is 41.5 Å². The molecule has 4 fully saturated rings. The van der Waals surface area contributed by atoms with E-state index in [1.165, 1.54) is 25.7 Å². The second-order valence-corrected chi connectivity index (χ2v) is 13.5. The summed E-state index contributed by atoms with van der Waals surface area (Å²) in [6.45, 7) is 19.1. The molecule has 0 saturated heterocycles. The molecule has 150 valence electrons. The second kappa shape index (κ2) is 5.41. The van der Waals surface area contributed by atoms with Gasteiger partial charge < -0.3 is 9.05 Å². The predicted molar refractivity (Wildman–Crippen MR) is 110 cm³/mol. The van der Waals surface area contributed by atoms with Gasteiger partial charge in [-0.2, -0.15) is 0 Å². The van der Waals surface area contributed by atoms with Crippen molar-refractivity contribution in [1.82, 2.24) is 0 Å². The van der Waals surface area contributed by atoms with Crippen molar-refractivity contribution in [3.05, 3.63) is 0 Å². The first kappa shape index (κ1) is 19.9. The minimum atomic E-state index is -1.40. The highest BCUT2D eigenvalue weighted by Crippen LogP contribution is 2.76. The molecule has 4 bridgehead atoms. The third kappa shape index (κ3) is 2.12. The molecule has 2 nitrogen and oxygen atoms in total. The molecule has 0 aromatic rings. The Morgan fingerprint density at radius 1 is 0.692 bits per heavy atom. The molecule has 0 N–H and O–H groups in total. The SMILES string of the molecule is CC1(C)C2CCC1(C)[C@](C)(OP(Cl)O[C@]1(C)CC3CCC1(C)C3(C)C)C2. The molecule has 0 radical (unpaired) electrons. The first-order chi connectivity index (χ1) is 11.7. The summed E-state index contributed by atoms with van der Waals surface area (Å²) in [5, 5.41) is 0. The average molecular weight is 401 g/mol. The van der Waals surface area contributed by atoms with Gasteiger partial charge in [-0.25, -0.2) is 0 Å². The van der Waals surface area contributed by atoms with Crippen LogP contribution >= 0.6 is 19.0 Å². The molecule has 0 spiro atoms. The van der Waals surface area contributed by atoms with Crippen LogP contribution in [0.3, 0.4) is 0 Å². The molecule has 4 aliphatic carbocycles. The molecule has 26 heavy (non-hydrogen) atoms. The molecule has 4 heteroatoms. The molecule has 0 amide bonds. The Labute approximate surface area is 166 Å². The zero-order valence-electron chi connectivity index (χ0n) is 18.0. The van der Waals surface area contributed by atoms with E-state index in [0.717, 1.165) is 24.7 Å². The Kier molecular flexibility index (Phi) is 4.15. The molecule has 4 aliphatic rings. The van der Waals surface area contributed by atoms with Crippen LogP contribution in [0, 0.1) is 33.5 Å². The van der Waals surface area contributed by atoms with Gasteiger partial charge in [0.25, 0.3) is 7.73 Å². The molecular formula is C22H38ClO2P. The van der Waals surface area contributed by atoms with E-state index in [-0.39, 0.29) is 22.0 Å². The maximum absolute atomic E-state index is 6.83. The van der Waals surface area contributed by atoms with Gasteiger partial charge in [-0.05, 0) is 86.3 Å². The molecule has 0 heterocycles. The maximum atomic E-state index is 6.83. The number of halogens is 1. The standard InChI is InChI=1S/C22H38ClO2P/c1-17(2)15-9-11-19(17,5)21(7,13-15)24-26(23)25-22(8)14-16-10-12-20(22,6)18(16,3)4/h15-16H,9-14H2,1-8H3/t15?,16?,19?,20?,21-,22-,26?/m1/s1. The number of hydrogen-bond donors (Lipinski definition) is 0. The largest absolute Gasteiger partial charge is 0.315 e. The average Bonchev–Trinajstić information content (AvgIpc) is 2.96. The molecule has 4 unspecified atom stereocenters. The van der Waals surface area contributed by atoms with Crippen molar-refractivity contribution in [2.45, 2.75) is 105 Å². The van der Waals surface area contributed by atoms with Crippen LogP contribution in [-0.4, -0.2) is 11.2 Å². The molecule has 4 rings (SSSR count). The molecular weight excluding hydrogens is 363 g/mol. The lowest BCUT2D eigenvalue weighted by Gasteiger charge is -2.49. The zero-order valence-corrected chi connectivity index (χ0v) is 19.7. The van der Waals surface area contributed by atoms with Crippen molar-refractivity contribution < 1.29 is 9.05 Å². The Morgan fingerprint density at radius 3 is 1.27 bits per heavy atom. The van der Waals surface area contributed by atoms with E-state index in [0.29, 0.717) is 10.8 Å². The minimum Gasteiger partial charge on any atom is -0.315 e. The van der Waals surface area contributed by atoms with E-state index in [2.05, 4.69) is 55.4 Å². The van der Waals surface area contributed by atoms with Crippen molar-refractivity contribution in [1.29, 1.82) is 0 Å². The van der Waals surface area contributed by atoms with Gasteiger partial charge in [0.15, 0.2) is 0 Å². The van der Waals surface area contributed by atoms with E-state index >= 15 is 0 Å². The molecule has 6 atom stereocenters. The highest BCUT2D eigenvalue weighted by atomic mass is 35.7. The first-order valence-electron chi connectivity index (χ1n) is 10.6. The topological polar surface area (TPSA) is 18.5 Å². The van der Waals surface area contributed by atoms with Gasteiger partial charge in [0.1, 0.15) is 0 Å². The van der Waals surface area contributed by atoms with Crippen LogP contribution in [0.1, 0.15) is 93.9 Å². The highest BCUT2D eigenvalue weighted by molar-refractivity contribution is 7.76. The lowest BCUT2D eigenvalue weighted by atomic mass is 9.65. The lowest BCUT2D eigenvalue weighted by molar-refractivity contribution is -0.0840. The van der Waals surface area contributed by atoms with Gasteiger partial charge in [0.05, 0.1) is 11.2 Å². The van der Waals surface area contributed by atoms with E-state index < -0.39 is 7.73 Å². The third-order valence-electron chi connectivity index (χ3n) is 11.0. The predicted octanol–water partition coefficient (Wildman–Crippen LogP) is 7.70. The van der Waals surface area contributed by atoms with Crippen molar-refractivity contribution in [2.24, 2.45) is 33.5 Å². The Hall–Kier alpha value is 0.640. The summed E-state index contributed by atoms with van der Waals surface area (Å²) in [5.41, 5.74) is 0.664. The van der Waals surface area contributed by atoms with Gasteiger partial charge in [-0.3, -0.25) is 0 Å². The summed E-state index contributed by atoms with van der Waals surface area (Å²) in [4.78, 5) is 0. The zero-order chi connectivity index (χ0) is 19.4. The molecule has 4 saturated carbocycles. The van der Waals surface area contributed by atoms with Crippen molar-refractivity contribution >= 4 is 19.0 Å². The van der Waals surface area contributed by atoms with E-state index in [9.17, 15) is 0 Å². The van der Waals surface area contributed by atoms with Crippen LogP contribution in [0.15, 0.2) is 0 Å². The minimum absolute atomic E-state index is 0.169. The smallest absolute Gasteiger partial charge is 0.277 e. The lowest BCUT2D eigenvalue weighted by Crippen LogP contribution is -2.48. The van der Waals surface area contributed by atoms with Gasteiger partial charge in [0, 0.05) is 10.8 Å². The van der Waals surface area contributed by atoms with Crippen LogP contribution in [0.4, 0.5) is 0 Å². The van der Waals surface area contributed by atoms with Crippen LogP contribution in [-0.2, 0) is 9.05 Å². The van der Waals surface area contributed by atoms with E-state index in [4.69, 9.17) is 20.3 Å². The second-order valence-electron chi connectivity index (χ2n) is 11.8. The molecule has 0 aliphatic heterocycles. The summed E-state index contributed by atoms with van der Waals surface area (Å²) in [7, 11) is -1.40. The molecule has 0 aromatic carbocycles. The van der Waals surface area contributed by atoms with Gasteiger partial charge in [0.2, 0.25) is 0 Å². The van der Waals surface area contributed by atoms with Crippen molar-refractivity contribution in [2.75, 3.05) is 0 Å². The summed E-state index contributed by atoms with van der Waals surface area (Å²) in [6, 6.07) is 0. The summed E-state index contributed by atoms with van der Waals surface area (Å²) < 4.78 is 13.3. The Morgan fingerprint density at radius 2 is 1.04 bits per heavy atom. The normalized spacial score (nSPS) is 54.8. The number of fused-ring (bicyclic) bond motifs is 4. The number of rotatable bonds is 4. The monoisotopic (exact) mass is 400 g/mol. The quantitative estimate of drug-likeness (QED) is 0.450. The number of hydrogen-bond acceptors (Lipinski definition) is 2. The van der Waals surface area contributed by atoms with Crippen molar-refractivity contribution in [3.8, 4) is 0 Å². The Balaban J connectivity index is 1.52. The van der Waals surface area contributed by atoms with Crippen LogP contribution < -0.4 is 0 Å². The maximum Gasteiger partial charge on any atom is 0.277 e. The fraction of sp³-hybridized carbons (Fsp3) is 1.00. The van der Waals surface area contributed by atoms with E-state index in [1.54, 1.807) is 0 Å². The van der Waals surface area contributed by atoms with Gasteiger partial charge >= 0.3 is 0 Å². The van der Waals surface area contributed by atoms with Crippen molar-refractivity contribution in [3.63, 3.8) is 0 Å². The third-order valence-corrected chi connectivity index (χ3v) is 12.5. The van der Waals surface area contributed by atoms with Crippen LogP contribution in [0.2, 0.25) is 0 Å². The summed E-state index contributed by atoms with van der Waals surface area (Å²) in [6.07, 6.45) is 7.38. The van der Waals surface area contributed by atoms with Crippen LogP contribution in [0.5, 0.6) is 0 Å². The Bertz CT molecular complexity index is 569. The summed E-state index contributed by atoms with van der Waals surface area (Å²) in [5.74, 6) is 1.49.